The van der Waals surface area contributed by atoms with E-state index < -0.39 is 6.10 Å². The number of carbonyl (C=O) groups is 3. The fourth-order valence-corrected chi connectivity index (χ4v) is 6.88. The van der Waals surface area contributed by atoms with E-state index in [9.17, 15) is 14.4 Å². The molecule has 6 heteroatoms. The summed E-state index contributed by atoms with van der Waals surface area (Å²) in [6.07, 6.45) is 83.8. The van der Waals surface area contributed by atoms with Crippen LogP contribution in [0.15, 0.2) is 158 Å². The van der Waals surface area contributed by atoms with Crippen molar-refractivity contribution in [2.24, 2.45) is 0 Å². The molecule has 0 spiro atoms. The van der Waals surface area contributed by atoms with Gasteiger partial charge in [0.05, 0.1) is 0 Å². The number of hydrogen-bond acceptors (Lipinski definition) is 6. The predicted molar refractivity (Wildman–Crippen MR) is 306 cm³/mol. The standard InChI is InChI=1S/C65H100O6/c1-4-7-10-13-16-19-22-25-28-30-32-34-37-40-43-46-49-52-55-58-64(67)70-61-62(60-69-63(66)57-54-51-48-45-42-39-36-27-24-21-18-15-12-9-6-3)71-65(68)59-56-53-50-47-44-41-38-35-33-31-29-26-23-20-17-14-11-8-5-2/h7,9-10,12,16-21,25-29,32-36,40,42-43,45,49,52,62H,4-6,8,11,13-15,22-24,30-31,37-39,41,44,46-48,50-51,53-61H2,1-3H3/b10-7-,12-9-,19-16-,20-17-,21-18-,28-25-,29-26-,34-32-,35-33-,36-27-,43-40-,45-42-,52-49-/t62-/m1/s1. The zero-order valence-corrected chi connectivity index (χ0v) is 45.2. The van der Waals surface area contributed by atoms with Crippen LogP contribution in [0.25, 0.3) is 0 Å². The number of unbranched alkanes of at least 4 members (excludes halogenated alkanes) is 11. The molecule has 0 fully saturated rings. The predicted octanol–water partition coefficient (Wildman–Crippen LogP) is 19.0. The van der Waals surface area contributed by atoms with Gasteiger partial charge in [-0.25, -0.2) is 0 Å². The van der Waals surface area contributed by atoms with Crippen molar-refractivity contribution >= 4 is 17.9 Å². The zero-order chi connectivity index (χ0) is 51.4. The third-order valence-electron chi connectivity index (χ3n) is 11.0. The highest BCUT2D eigenvalue weighted by Crippen LogP contribution is 2.12. The van der Waals surface area contributed by atoms with E-state index in [1.54, 1.807) is 0 Å². The average molecular weight is 978 g/mol. The highest BCUT2D eigenvalue weighted by atomic mass is 16.6. The van der Waals surface area contributed by atoms with Gasteiger partial charge in [0.1, 0.15) is 13.2 Å². The number of esters is 3. The summed E-state index contributed by atoms with van der Waals surface area (Å²) < 4.78 is 16.7. The monoisotopic (exact) mass is 977 g/mol. The van der Waals surface area contributed by atoms with Crippen molar-refractivity contribution in [2.45, 2.75) is 219 Å². The SMILES string of the molecule is CC/C=C\C/C=C\C/C=C\C/C=C\C/C=C\C/C=C\CCC(=O)OC[C@@H](COC(=O)CCCC/C=C\C/C=C\C/C=C\C/C=C\CC)OC(=O)CCCCCCCC/C=C\C/C=C\C/C=C\CCCCC. The quantitative estimate of drug-likeness (QED) is 0.0262. The van der Waals surface area contributed by atoms with Gasteiger partial charge in [-0.15, -0.1) is 0 Å². The minimum absolute atomic E-state index is 0.136. The number of rotatable bonds is 48. The van der Waals surface area contributed by atoms with E-state index in [1.165, 1.54) is 38.5 Å². The molecule has 0 unspecified atom stereocenters. The lowest BCUT2D eigenvalue weighted by atomic mass is 10.1. The van der Waals surface area contributed by atoms with Gasteiger partial charge in [-0.05, 0) is 135 Å². The van der Waals surface area contributed by atoms with Crippen molar-refractivity contribution in [2.75, 3.05) is 13.2 Å². The van der Waals surface area contributed by atoms with E-state index in [-0.39, 0.29) is 50.4 Å². The van der Waals surface area contributed by atoms with E-state index in [1.807, 2.05) is 12.2 Å². The molecular formula is C65H100O6. The molecule has 1 atom stereocenters. The first-order valence-electron chi connectivity index (χ1n) is 28.0. The van der Waals surface area contributed by atoms with Gasteiger partial charge < -0.3 is 14.2 Å². The van der Waals surface area contributed by atoms with Crippen LogP contribution in [-0.2, 0) is 28.6 Å². The molecule has 0 N–H and O–H groups in total. The molecule has 6 nitrogen and oxygen atoms in total. The number of carbonyl (C=O) groups excluding carboxylic acids is 3. The Morgan fingerprint density at radius 1 is 0.296 bits per heavy atom. The Bertz CT molecular complexity index is 1640. The van der Waals surface area contributed by atoms with E-state index in [4.69, 9.17) is 14.2 Å². The van der Waals surface area contributed by atoms with Crippen LogP contribution in [0.2, 0.25) is 0 Å². The molecule has 0 aliphatic carbocycles. The molecule has 396 valence electrons. The van der Waals surface area contributed by atoms with Crippen LogP contribution in [-0.4, -0.2) is 37.2 Å². The zero-order valence-electron chi connectivity index (χ0n) is 45.2. The van der Waals surface area contributed by atoms with Gasteiger partial charge in [0.15, 0.2) is 6.10 Å². The van der Waals surface area contributed by atoms with Crippen LogP contribution in [0, 0.1) is 0 Å². The molecule has 0 saturated heterocycles. The molecule has 0 saturated carbocycles. The van der Waals surface area contributed by atoms with Gasteiger partial charge >= 0.3 is 17.9 Å². The minimum Gasteiger partial charge on any atom is -0.462 e. The first-order valence-corrected chi connectivity index (χ1v) is 28.0. The van der Waals surface area contributed by atoms with Crippen LogP contribution >= 0.6 is 0 Å². The first kappa shape index (κ1) is 66.0. The van der Waals surface area contributed by atoms with Crippen molar-refractivity contribution in [3.05, 3.63) is 158 Å². The van der Waals surface area contributed by atoms with Crippen molar-refractivity contribution in [1.82, 2.24) is 0 Å². The Hall–Kier alpha value is -4.97. The van der Waals surface area contributed by atoms with Crippen LogP contribution in [0.1, 0.15) is 213 Å². The summed E-state index contributed by atoms with van der Waals surface area (Å²) in [5.41, 5.74) is 0. The van der Waals surface area contributed by atoms with Crippen LogP contribution in [0.5, 0.6) is 0 Å². The van der Waals surface area contributed by atoms with E-state index >= 15 is 0 Å². The fourth-order valence-electron chi connectivity index (χ4n) is 6.88. The molecule has 0 aromatic rings. The maximum atomic E-state index is 12.9. The van der Waals surface area contributed by atoms with Crippen LogP contribution in [0.3, 0.4) is 0 Å². The molecule has 71 heavy (non-hydrogen) atoms. The van der Waals surface area contributed by atoms with E-state index in [0.29, 0.717) is 12.8 Å². The summed E-state index contributed by atoms with van der Waals surface area (Å²) in [6, 6.07) is 0. The normalized spacial score (nSPS) is 13.3. The molecule has 0 aromatic heterocycles. The van der Waals surface area contributed by atoms with Crippen molar-refractivity contribution < 1.29 is 28.6 Å². The molecule has 0 aliphatic heterocycles. The maximum absolute atomic E-state index is 12.9. The Balaban J connectivity index is 4.62. The lowest BCUT2D eigenvalue weighted by Gasteiger charge is -2.18. The van der Waals surface area contributed by atoms with Crippen molar-refractivity contribution in [1.29, 1.82) is 0 Å². The van der Waals surface area contributed by atoms with Gasteiger partial charge in [-0.2, -0.15) is 0 Å². The molecule has 0 heterocycles. The number of ether oxygens (including phenoxy) is 3. The van der Waals surface area contributed by atoms with E-state index in [0.717, 1.165) is 122 Å². The molecule has 0 bridgehead atoms. The Kier molecular flexibility index (Phi) is 53.6. The summed E-state index contributed by atoms with van der Waals surface area (Å²) in [4.78, 5) is 38.1. The summed E-state index contributed by atoms with van der Waals surface area (Å²) in [5.74, 6) is -1.08. The van der Waals surface area contributed by atoms with Crippen LogP contribution < -0.4 is 0 Å². The van der Waals surface area contributed by atoms with Gasteiger partial charge in [0.2, 0.25) is 0 Å². The van der Waals surface area contributed by atoms with E-state index in [2.05, 4.69) is 167 Å². The molecule has 0 rings (SSSR count). The highest BCUT2D eigenvalue weighted by Gasteiger charge is 2.19. The van der Waals surface area contributed by atoms with Gasteiger partial charge in [0.25, 0.3) is 0 Å². The van der Waals surface area contributed by atoms with Crippen molar-refractivity contribution in [3.63, 3.8) is 0 Å². The van der Waals surface area contributed by atoms with Crippen LogP contribution in [0.4, 0.5) is 0 Å². The van der Waals surface area contributed by atoms with Crippen molar-refractivity contribution in [3.8, 4) is 0 Å². The second-order valence-corrected chi connectivity index (χ2v) is 17.7. The Morgan fingerprint density at radius 2 is 0.577 bits per heavy atom. The first-order chi connectivity index (χ1) is 35.0. The summed E-state index contributed by atoms with van der Waals surface area (Å²) in [7, 11) is 0. The second kappa shape index (κ2) is 57.6. The number of hydrogen-bond donors (Lipinski definition) is 0. The molecule has 0 aromatic carbocycles. The second-order valence-electron chi connectivity index (χ2n) is 17.7. The topological polar surface area (TPSA) is 78.9 Å². The average Bonchev–Trinajstić information content (AvgIpc) is 3.37. The molecular weight excluding hydrogens is 877 g/mol. The maximum Gasteiger partial charge on any atom is 0.306 e. The summed E-state index contributed by atoms with van der Waals surface area (Å²) >= 11 is 0. The summed E-state index contributed by atoms with van der Waals surface area (Å²) in [6.45, 7) is 6.25. The Labute approximate surface area is 435 Å². The third kappa shape index (κ3) is 55.8. The number of allylic oxidation sites excluding steroid dienone is 26. The molecule has 0 radical (unpaired) electrons. The Morgan fingerprint density at radius 3 is 0.972 bits per heavy atom. The van der Waals surface area contributed by atoms with Gasteiger partial charge in [0, 0.05) is 19.3 Å². The summed E-state index contributed by atoms with van der Waals surface area (Å²) in [5, 5.41) is 0. The smallest absolute Gasteiger partial charge is 0.306 e. The van der Waals surface area contributed by atoms with Gasteiger partial charge in [-0.1, -0.05) is 217 Å². The lowest BCUT2D eigenvalue weighted by molar-refractivity contribution is -0.166. The molecule has 0 aliphatic rings. The molecule has 0 amide bonds. The lowest BCUT2D eigenvalue weighted by Crippen LogP contribution is -2.30. The third-order valence-corrected chi connectivity index (χ3v) is 11.0. The highest BCUT2D eigenvalue weighted by molar-refractivity contribution is 5.71. The van der Waals surface area contributed by atoms with Gasteiger partial charge in [-0.3, -0.25) is 14.4 Å². The largest absolute Gasteiger partial charge is 0.462 e. The fraction of sp³-hybridized carbons (Fsp3) is 0.554. The minimum atomic E-state index is -0.841.